The highest BCUT2D eigenvalue weighted by atomic mass is 19.1. The van der Waals surface area contributed by atoms with Gasteiger partial charge in [0.1, 0.15) is 23.7 Å². The first-order chi connectivity index (χ1) is 20.6. The number of ether oxygens (including phenoxy) is 2. The molecular weight excluding hydrogens is 561 g/mol. The molecular formula is C29H32FN7O6. The normalized spacial score (nSPS) is 21.8. The van der Waals surface area contributed by atoms with E-state index in [1.807, 2.05) is 31.2 Å². The molecule has 13 nitrogen and oxygen atoms in total. The first kappa shape index (κ1) is 28.4. The Hall–Kier alpha value is -4.72. The minimum absolute atomic E-state index is 0.203. The van der Waals surface area contributed by atoms with Gasteiger partial charge in [-0.3, -0.25) is 19.2 Å². The number of benzene rings is 2. The maximum atomic E-state index is 15.2. The van der Waals surface area contributed by atoms with Crippen LogP contribution in [0.5, 0.6) is 6.01 Å². The van der Waals surface area contributed by atoms with Gasteiger partial charge in [-0.1, -0.05) is 12.1 Å². The smallest absolute Gasteiger partial charge is 0.415 e. The van der Waals surface area contributed by atoms with E-state index in [0.29, 0.717) is 24.3 Å². The van der Waals surface area contributed by atoms with Crippen LogP contribution in [0.15, 0.2) is 48.7 Å². The van der Waals surface area contributed by atoms with Gasteiger partial charge in [-0.2, -0.15) is 0 Å². The van der Waals surface area contributed by atoms with E-state index in [0.717, 1.165) is 37.4 Å². The number of cyclic esters (lactones) is 1. The number of piperazine rings is 1. The molecule has 2 aromatic carbocycles. The molecule has 3 aliphatic heterocycles. The summed E-state index contributed by atoms with van der Waals surface area (Å²) in [4.78, 5) is 43.8. The second kappa shape index (κ2) is 11.2. The molecule has 2 fully saturated rings. The van der Waals surface area contributed by atoms with Crippen LogP contribution in [0.2, 0.25) is 0 Å². The van der Waals surface area contributed by atoms with Crippen LogP contribution in [-0.4, -0.2) is 88.9 Å². The van der Waals surface area contributed by atoms with E-state index >= 15 is 4.39 Å². The van der Waals surface area contributed by atoms with Gasteiger partial charge in [-0.05, 0) is 47.7 Å². The quantitative estimate of drug-likeness (QED) is 0.309. The van der Waals surface area contributed by atoms with Gasteiger partial charge >= 0.3 is 17.9 Å². The number of carbonyl (C=O) groups is 2. The molecule has 2 unspecified atom stereocenters. The van der Waals surface area contributed by atoms with E-state index in [4.69, 9.17) is 9.47 Å². The Labute approximate surface area is 246 Å². The van der Waals surface area contributed by atoms with Gasteiger partial charge in [-0.25, -0.2) is 9.18 Å². The molecule has 2 saturated heterocycles. The third-order valence-corrected chi connectivity index (χ3v) is 7.95. The number of imidazole rings is 1. The topological polar surface area (TPSA) is 135 Å². The van der Waals surface area contributed by atoms with Gasteiger partial charge < -0.3 is 29.8 Å². The van der Waals surface area contributed by atoms with Gasteiger partial charge in [0.25, 0.3) is 0 Å². The number of hydrogen-bond donors (Lipinski definition) is 1. The molecule has 2 atom stereocenters. The Bertz CT molecular complexity index is 1530. The van der Waals surface area contributed by atoms with Crippen molar-refractivity contribution in [2.24, 2.45) is 0 Å². The monoisotopic (exact) mass is 593 g/mol. The number of nitrogens with zero attached hydrogens (tertiary/aromatic N) is 6. The van der Waals surface area contributed by atoms with Crippen molar-refractivity contribution in [2.75, 3.05) is 55.6 Å². The summed E-state index contributed by atoms with van der Waals surface area (Å²) in [7, 11) is 0. The van der Waals surface area contributed by atoms with Gasteiger partial charge in [-0.15, -0.1) is 0 Å². The first-order valence-corrected chi connectivity index (χ1v) is 14.1. The van der Waals surface area contributed by atoms with E-state index in [-0.39, 0.29) is 30.8 Å². The zero-order valence-corrected chi connectivity index (χ0v) is 23.9. The lowest BCUT2D eigenvalue weighted by molar-refractivity contribution is -0.389. The molecule has 0 bridgehead atoms. The fourth-order valence-corrected chi connectivity index (χ4v) is 5.85. The van der Waals surface area contributed by atoms with Crippen molar-refractivity contribution >= 4 is 29.2 Å². The molecule has 4 heterocycles. The second-order valence-corrected chi connectivity index (χ2v) is 11.3. The molecule has 6 rings (SSSR count). The fraction of sp³-hybridized carbons (Fsp3) is 0.414. The Balaban J connectivity index is 1.03. The highest BCUT2D eigenvalue weighted by molar-refractivity contribution is 5.90. The van der Waals surface area contributed by atoms with E-state index in [1.165, 1.54) is 24.1 Å². The molecule has 0 aliphatic carbocycles. The molecule has 3 aliphatic rings. The average molecular weight is 594 g/mol. The van der Waals surface area contributed by atoms with Crippen LogP contribution < -0.4 is 19.9 Å². The van der Waals surface area contributed by atoms with E-state index in [1.54, 1.807) is 16.7 Å². The minimum atomic E-state index is -0.574. The molecule has 2 amide bonds. The predicted molar refractivity (Wildman–Crippen MR) is 155 cm³/mol. The molecule has 1 aromatic heterocycles. The average Bonchev–Trinajstić information content (AvgIpc) is 3.63. The summed E-state index contributed by atoms with van der Waals surface area (Å²) in [5, 5.41) is 13.6. The zero-order chi connectivity index (χ0) is 30.3. The number of hydrogen-bond acceptors (Lipinski definition) is 9. The lowest BCUT2D eigenvalue weighted by atomic mass is 10.0. The number of nitrogens with one attached hydrogen (secondary N) is 1. The maximum absolute atomic E-state index is 15.2. The minimum Gasteiger partial charge on any atom is -0.442 e. The zero-order valence-electron chi connectivity index (χ0n) is 23.9. The number of nitro groups is 1. The van der Waals surface area contributed by atoms with Crippen molar-refractivity contribution in [3.63, 3.8) is 0 Å². The van der Waals surface area contributed by atoms with Crippen molar-refractivity contribution in [3.05, 3.63) is 64.6 Å². The molecule has 1 N–H and O–H groups in total. The Kier molecular flexibility index (Phi) is 7.38. The molecule has 0 radical (unpaired) electrons. The molecule has 43 heavy (non-hydrogen) atoms. The number of aromatic nitrogens is 2. The van der Waals surface area contributed by atoms with Crippen LogP contribution in [0, 0.1) is 15.9 Å². The van der Waals surface area contributed by atoms with Crippen LogP contribution >= 0.6 is 0 Å². The molecule has 226 valence electrons. The van der Waals surface area contributed by atoms with Crippen LogP contribution in [0.25, 0.3) is 11.1 Å². The number of anilines is 2. The SMILES string of the molecule is CC(=O)NCC1CN(c2ccc(-c3ccc(N4CCN(CC5(C)Cn6cc([N+](=O)[O-])nc6O5)CC4)cc3)c(F)c2)C(=O)O1. The molecule has 14 heteroatoms. The summed E-state index contributed by atoms with van der Waals surface area (Å²) in [6.07, 6.45) is 0.345. The maximum Gasteiger partial charge on any atom is 0.415 e. The molecule has 0 saturated carbocycles. The Morgan fingerprint density at radius 3 is 2.53 bits per heavy atom. The van der Waals surface area contributed by atoms with Crippen molar-refractivity contribution in [2.45, 2.75) is 32.1 Å². The summed E-state index contributed by atoms with van der Waals surface area (Å²) in [6, 6.07) is 12.7. The van der Waals surface area contributed by atoms with Crippen molar-refractivity contribution in [3.8, 4) is 17.1 Å². The largest absolute Gasteiger partial charge is 0.442 e. The fourth-order valence-electron chi connectivity index (χ4n) is 5.85. The molecule has 3 aromatic rings. The number of carbonyl (C=O) groups excluding carboxylic acids is 2. The van der Waals surface area contributed by atoms with E-state index in [2.05, 4.69) is 20.1 Å². The Morgan fingerprint density at radius 2 is 1.88 bits per heavy atom. The number of halogens is 1. The van der Waals surface area contributed by atoms with Crippen LogP contribution in [0.4, 0.5) is 26.4 Å². The van der Waals surface area contributed by atoms with Gasteiger partial charge in [0.05, 0.1) is 25.3 Å². The highest BCUT2D eigenvalue weighted by Gasteiger charge is 2.42. The summed E-state index contributed by atoms with van der Waals surface area (Å²) in [5.41, 5.74) is 2.08. The van der Waals surface area contributed by atoms with Crippen molar-refractivity contribution < 1.29 is 28.4 Å². The summed E-state index contributed by atoms with van der Waals surface area (Å²) < 4.78 is 28.2. The number of rotatable bonds is 8. The molecule has 0 spiro atoms. The summed E-state index contributed by atoms with van der Waals surface area (Å²) in [6.45, 7) is 8.25. The number of amides is 2. The Morgan fingerprint density at radius 1 is 1.16 bits per heavy atom. The van der Waals surface area contributed by atoms with Gasteiger partial charge in [0, 0.05) is 55.9 Å². The second-order valence-electron chi connectivity index (χ2n) is 11.3. The predicted octanol–water partition coefficient (Wildman–Crippen LogP) is 3.03. The van der Waals surface area contributed by atoms with Gasteiger partial charge in [0.15, 0.2) is 0 Å². The standard InChI is InChI=1S/C29H32FN7O6/c1-19(38)31-14-23-15-36(28(39)42-23)22-7-8-24(25(30)13-22)20-3-5-21(6-4-20)34-11-9-33(10-12-34)17-29(2)18-35-16-26(37(40)41)32-27(35)43-29/h3-8,13,16,23H,9-12,14-15,17-18H2,1-2H3,(H,31,38). The van der Waals surface area contributed by atoms with Crippen molar-refractivity contribution in [1.82, 2.24) is 19.8 Å². The van der Waals surface area contributed by atoms with Crippen LogP contribution in [-0.2, 0) is 16.1 Å². The van der Waals surface area contributed by atoms with E-state index in [9.17, 15) is 19.7 Å². The summed E-state index contributed by atoms with van der Waals surface area (Å²) >= 11 is 0. The van der Waals surface area contributed by atoms with Gasteiger partial charge in [0.2, 0.25) is 5.91 Å². The van der Waals surface area contributed by atoms with E-state index < -0.39 is 28.5 Å². The lowest BCUT2D eigenvalue weighted by Gasteiger charge is -2.39. The lowest BCUT2D eigenvalue weighted by Crippen LogP contribution is -2.52. The van der Waals surface area contributed by atoms with Crippen molar-refractivity contribution in [1.29, 1.82) is 0 Å². The highest BCUT2D eigenvalue weighted by Crippen LogP contribution is 2.33. The summed E-state index contributed by atoms with van der Waals surface area (Å²) in [5.74, 6) is -0.870. The third kappa shape index (κ3) is 5.95. The number of fused-ring (bicyclic) bond motifs is 1. The van der Waals surface area contributed by atoms with Crippen LogP contribution in [0.1, 0.15) is 13.8 Å². The first-order valence-electron chi connectivity index (χ1n) is 14.1. The van der Waals surface area contributed by atoms with Crippen LogP contribution in [0.3, 0.4) is 0 Å². The third-order valence-electron chi connectivity index (χ3n) is 7.95.